The SMILES string of the molecule is CCc1ccc(NC(=S)NNC(=O)COc2ccc(F)cc2)cc1. The van der Waals surface area contributed by atoms with E-state index in [0.29, 0.717) is 5.75 Å². The molecular weight excluding hydrogens is 329 g/mol. The Kier molecular flexibility index (Phi) is 6.51. The number of hydrazine groups is 1. The third-order valence-corrected chi connectivity index (χ3v) is 3.32. The lowest BCUT2D eigenvalue weighted by Crippen LogP contribution is -2.45. The molecule has 24 heavy (non-hydrogen) atoms. The average Bonchev–Trinajstić information content (AvgIpc) is 2.60. The van der Waals surface area contributed by atoms with Crippen LogP contribution in [0.3, 0.4) is 0 Å². The van der Waals surface area contributed by atoms with Gasteiger partial charge in [0.25, 0.3) is 5.91 Å². The number of ether oxygens (including phenoxy) is 1. The fourth-order valence-electron chi connectivity index (χ4n) is 1.83. The number of benzene rings is 2. The van der Waals surface area contributed by atoms with Gasteiger partial charge < -0.3 is 10.1 Å². The number of halogens is 1. The van der Waals surface area contributed by atoms with Gasteiger partial charge in [0.05, 0.1) is 0 Å². The van der Waals surface area contributed by atoms with Gasteiger partial charge in [-0.2, -0.15) is 0 Å². The van der Waals surface area contributed by atoms with Crippen molar-refractivity contribution in [2.45, 2.75) is 13.3 Å². The number of amides is 1. The first-order valence-corrected chi connectivity index (χ1v) is 7.81. The molecule has 0 aliphatic carbocycles. The molecule has 0 saturated carbocycles. The normalized spacial score (nSPS) is 9.92. The minimum Gasteiger partial charge on any atom is -0.484 e. The van der Waals surface area contributed by atoms with Crippen molar-refractivity contribution in [1.29, 1.82) is 0 Å². The Balaban J connectivity index is 1.70. The smallest absolute Gasteiger partial charge is 0.276 e. The molecule has 0 fully saturated rings. The number of hydrogen-bond donors (Lipinski definition) is 3. The third kappa shape index (κ3) is 5.85. The van der Waals surface area contributed by atoms with Crippen LogP contribution in [0.5, 0.6) is 5.75 Å². The third-order valence-electron chi connectivity index (χ3n) is 3.12. The summed E-state index contributed by atoms with van der Waals surface area (Å²) in [7, 11) is 0. The Morgan fingerprint density at radius 3 is 2.38 bits per heavy atom. The van der Waals surface area contributed by atoms with Crippen LogP contribution in [-0.2, 0) is 11.2 Å². The fraction of sp³-hybridized carbons (Fsp3) is 0.176. The minimum atomic E-state index is -0.412. The van der Waals surface area contributed by atoms with Gasteiger partial charge in [0, 0.05) is 5.69 Å². The topological polar surface area (TPSA) is 62.4 Å². The molecule has 2 aromatic rings. The molecule has 5 nitrogen and oxygen atoms in total. The summed E-state index contributed by atoms with van der Waals surface area (Å²) in [6.45, 7) is 1.87. The lowest BCUT2D eigenvalue weighted by molar-refractivity contribution is -0.123. The van der Waals surface area contributed by atoms with Crippen LogP contribution in [-0.4, -0.2) is 17.6 Å². The predicted molar refractivity (Wildman–Crippen MR) is 95.2 cm³/mol. The second-order valence-electron chi connectivity index (χ2n) is 4.92. The molecular formula is C17H18FN3O2S. The lowest BCUT2D eigenvalue weighted by Gasteiger charge is -2.12. The van der Waals surface area contributed by atoms with E-state index in [-0.39, 0.29) is 17.5 Å². The summed E-state index contributed by atoms with van der Waals surface area (Å²) < 4.78 is 18.0. The first-order chi connectivity index (χ1) is 11.6. The van der Waals surface area contributed by atoms with Crippen LogP contribution in [0.2, 0.25) is 0 Å². The summed E-state index contributed by atoms with van der Waals surface area (Å²) in [6.07, 6.45) is 0.965. The van der Waals surface area contributed by atoms with Gasteiger partial charge in [-0.3, -0.25) is 15.6 Å². The van der Waals surface area contributed by atoms with Gasteiger partial charge in [-0.1, -0.05) is 19.1 Å². The van der Waals surface area contributed by atoms with E-state index in [1.807, 2.05) is 24.3 Å². The molecule has 0 aliphatic heterocycles. The number of hydrogen-bond acceptors (Lipinski definition) is 3. The largest absolute Gasteiger partial charge is 0.484 e. The van der Waals surface area contributed by atoms with E-state index in [1.54, 1.807) is 0 Å². The van der Waals surface area contributed by atoms with Crippen molar-refractivity contribution < 1.29 is 13.9 Å². The van der Waals surface area contributed by atoms with Crippen LogP contribution in [0.25, 0.3) is 0 Å². The minimum absolute atomic E-state index is 0.216. The number of anilines is 1. The quantitative estimate of drug-likeness (QED) is 0.573. The van der Waals surface area contributed by atoms with E-state index in [0.717, 1.165) is 12.1 Å². The van der Waals surface area contributed by atoms with Gasteiger partial charge in [0.1, 0.15) is 11.6 Å². The van der Waals surface area contributed by atoms with Crippen molar-refractivity contribution in [3.63, 3.8) is 0 Å². The standard InChI is InChI=1S/C17H18FN3O2S/c1-2-12-3-7-14(8-4-12)19-17(24)21-20-16(22)11-23-15-9-5-13(18)6-10-15/h3-10H,2,11H2,1H3,(H,20,22)(H2,19,21,24). The van der Waals surface area contributed by atoms with Gasteiger partial charge in [-0.05, 0) is 60.6 Å². The van der Waals surface area contributed by atoms with E-state index in [4.69, 9.17) is 17.0 Å². The van der Waals surface area contributed by atoms with Crippen molar-refractivity contribution in [2.24, 2.45) is 0 Å². The molecule has 0 spiro atoms. The summed E-state index contributed by atoms with van der Waals surface area (Å²) in [5.41, 5.74) is 7.05. The maximum atomic E-state index is 12.8. The van der Waals surface area contributed by atoms with Gasteiger partial charge in [-0.15, -0.1) is 0 Å². The van der Waals surface area contributed by atoms with Crippen LogP contribution >= 0.6 is 12.2 Å². The highest BCUT2D eigenvalue weighted by Crippen LogP contribution is 2.11. The summed E-state index contributed by atoms with van der Waals surface area (Å²) in [4.78, 5) is 11.7. The molecule has 2 rings (SSSR count). The van der Waals surface area contributed by atoms with E-state index in [2.05, 4.69) is 23.1 Å². The summed E-state index contributed by atoms with van der Waals surface area (Å²) >= 11 is 5.09. The van der Waals surface area contributed by atoms with Crippen molar-refractivity contribution >= 4 is 28.9 Å². The number of thiocarbonyl (C=S) groups is 1. The van der Waals surface area contributed by atoms with Crippen LogP contribution in [0.1, 0.15) is 12.5 Å². The zero-order chi connectivity index (χ0) is 17.4. The van der Waals surface area contributed by atoms with Gasteiger partial charge >= 0.3 is 0 Å². The Labute approximate surface area is 145 Å². The van der Waals surface area contributed by atoms with E-state index >= 15 is 0 Å². The Morgan fingerprint density at radius 2 is 1.75 bits per heavy atom. The zero-order valence-electron chi connectivity index (χ0n) is 13.1. The Morgan fingerprint density at radius 1 is 1.08 bits per heavy atom. The van der Waals surface area contributed by atoms with Gasteiger partial charge in [-0.25, -0.2) is 4.39 Å². The molecule has 2 aromatic carbocycles. The molecule has 126 valence electrons. The van der Waals surface area contributed by atoms with Crippen LogP contribution in [0.15, 0.2) is 48.5 Å². The molecule has 3 N–H and O–H groups in total. The first-order valence-electron chi connectivity index (χ1n) is 7.40. The maximum Gasteiger partial charge on any atom is 0.276 e. The van der Waals surface area contributed by atoms with Gasteiger partial charge in [0.15, 0.2) is 11.7 Å². The summed E-state index contributed by atoms with van der Waals surface area (Å²) in [6, 6.07) is 13.2. The van der Waals surface area contributed by atoms with E-state index < -0.39 is 5.91 Å². The molecule has 0 aliphatic rings. The first kappa shape index (κ1) is 17.7. The number of aryl methyl sites for hydroxylation is 1. The fourth-order valence-corrected chi connectivity index (χ4v) is 2.00. The molecule has 0 aromatic heterocycles. The predicted octanol–water partition coefficient (Wildman–Crippen LogP) is 2.78. The molecule has 0 unspecified atom stereocenters. The molecule has 0 heterocycles. The Bertz CT molecular complexity index is 690. The van der Waals surface area contributed by atoms with Crippen molar-refractivity contribution in [1.82, 2.24) is 10.9 Å². The number of nitrogens with one attached hydrogen (secondary N) is 3. The highest BCUT2D eigenvalue weighted by atomic mass is 32.1. The Hall–Kier alpha value is -2.67. The van der Waals surface area contributed by atoms with Crippen molar-refractivity contribution in [2.75, 3.05) is 11.9 Å². The molecule has 1 amide bonds. The molecule has 7 heteroatoms. The highest BCUT2D eigenvalue weighted by molar-refractivity contribution is 7.80. The van der Waals surface area contributed by atoms with Crippen LogP contribution in [0.4, 0.5) is 10.1 Å². The maximum absolute atomic E-state index is 12.8. The summed E-state index contributed by atoms with van der Waals surface area (Å²) in [5, 5.41) is 3.21. The number of carbonyl (C=O) groups excluding carboxylic acids is 1. The number of rotatable bonds is 5. The van der Waals surface area contributed by atoms with Crippen molar-refractivity contribution in [3.8, 4) is 5.75 Å². The second kappa shape index (κ2) is 8.83. The zero-order valence-corrected chi connectivity index (χ0v) is 14.0. The number of carbonyl (C=O) groups is 1. The average molecular weight is 347 g/mol. The summed E-state index contributed by atoms with van der Waals surface area (Å²) in [5.74, 6) is -0.370. The second-order valence-corrected chi connectivity index (χ2v) is 5.33. The monoisotopic (exact) mass is 347 g/mol. The highest BCUT2D eigenvalue weighted by Gasteiger charge is 2.04. The molecule has 0 saturated heterocycles. The molecule has 0 atom stereocenters. The van der Waals surface area contributed by atoms with Crippen molar-refractivity contribution in [3.05, 3.63) is 59.9 Å². The van der Waals surface area contributed by atoms with E-state index in [1.165, 1.54) is 29.8 Å². The van der Waals surface area contributed by atoms with Crippen LogP contribution < -0.4 is 20.9 Å². The van der Waals surface area contributed by atoms with Gasteiger partial charge in [0.2, 0.25) is 0 Å². The van der Waals surface area contributed by atoms with E-state index in [9.17, 15) is 9.18 Å². The molecule has 0 bridgehead atoms. The van der Waals surface area contributed by atoms with Crippen LogP contribution in [0, 0.1) is 5.82 Å². The molecule has 0 radical (unpaired) electrons. The lowest BCUT2D eigenvalue weighted by atomic mass is 10.1.